The Morgan fingerprint density at radius 2 is 2.41 bits per heavy atom. The van der Waals surface area contributed by atoms with Crippen LogP contribution < -0.4 is 5.32 Å². The van der Waals surface area contributed by atoms with Crippen LogP contribution in [0.4, 0.5) is 0 Å². The van der Waals surface area contributed by atoms with Gasteiger partial charge < -0.3 is 10.2 Å². The van der Waals surface area contributed by atoms with Gasteiger partial charge in [-0.25, -0.2) is 0 Å². The number of carbonyl (C=O) groups is 1. The molecule has 1 aromatic carbocycles. The third-order valence-electron chi connectivity index (χ3n) is 3.07. The van der Waals surface area contributed by atoms with Crippen molar-refractivity contribution in [3.63, 3.8) is 0 Å². The van der Waals surface area contributed by atoms with Gasteiger partial charge in [-0.1, -0.05) is 23.7 Å². The lowest BCUT2D eigenvalue weighted by Gasteiger charge is -2.34. The van der Waals surface area contributed by atoms with Gasteiger partial charge in [0.25, 0.3) is 0 Å². The molecule has 3 nitrogen and oxygen atoms in total. The van der Waals surface area contributed by atoms with Gasteiger partial charge in [-0.15, -0.1) is 0 Å². The molecule has 92 valence electrons. The Morgan fingerprint density at radius 3 is 3.12 bits per heavy atom. The van der Waals surface area contributed by atoms with Crippen molar-refractivity contribution in [2.45, 2.75) is 19.4 Å². The molecular weight excluding hydrogens is 236 g/mol. The number of piperazine rings is 1. The largest absolute Gasteiger partial charge is 0.337 e. The van der Waals surface area contributed by atoms with Crippen LogP contribution in [0.3, 0.4) is 0 Å². The van der Waals surface area contributed by atoms with E-state index in [2.05, 4.69) is 12.2 Å². The Hall–Kier alpha value is -1.06. The first-order valence-electron chi connectivity index (χ1n) is 5.91. The summed E-state index contributed by atoms with van der Waals surface area (Å²) in [7, 11) is 0. The summed E-state index contributed by atoms with van der Waals surface area (Å²) < 4.78 is 0. The Bertz CT molecular complexity index is 408. The van der Waals surface area contributed by atoms with Crippen molar-refractivity contribution in [1.29, 1.82) is 0 Å². The van der Waals surface area contributed by atoms with Crippen LogP contribution in [0.15, 0.2) is 24.3 Å². The molecule has 1 fully saturated rings. The normalized spacial score (nSPS) is 20.4. The maximum atomic E-state index is 12.1. The zero-order valence-electron chi connectivity index (χ0n) is 9.95. The Labute approximate surface area is 107 Å². The number of hydrogen-bond acceptors (Lipinski definition) is 2. The highest BCUT2D eigenvalue weighted by atomic mass is 35.5. The molecule has 1 aromatic rings. The van der Waals surface area contributed by atoms with Gasteiger partial charge in [0.1, 0.15) is 0 Å². The molecule has 0 spiro atoms. The van der Waals surface area contributed by atoms with E-state index in [-0.39, 0.29) is 11.9 Å². The molecule has 0 unspecified atom stereocenters. The predicted molar refractivity (Wildman–Crippen MR) is 69.2 cm³/mol. The highest BCUT2D eigenvalue weighted by molar-refractivity contribution is 6.30. The van der Waals surface area contributed by atoms with E-state index in [0.717, 1.165) is 25.2 Å². The van der Waals surface area contributed by atoms with E-state index in [0.29, 0.717) is 11.4 Å². The van der Waals surface area contributed by atoms with Crippen molar-refractivity contribution in [3.8, 4) is 0 Å². The molecule has 0 saturated carbocycles. The minimum absolute atomic E-state index is 0.182. The predicted octanol–water partition coefficient (Wildman–Crippen LogP) is 1.70. The molecule has 0 bridgehead atoms. The van der Waals surface area contributed by atoms with Gasteiger partial charge in [0.15, 0.2) is 0 Å². The van der Waals surface area contributed by atoms with E-state index in [4.69, 9.17) is 11.6 Å². The molecular formula is C13H17ClN2O. The fourth-order valence-corrected chi connectivity index (χ4v) is 2.35. The highest BCUT2D eigenvalue weighted by Crippen LogP contribution is 2.13. The molecule has 1 aliphatic rings. The number of rotatable bonds is 2. The molecule has 1 amide bonds. The summed E-state index contributed by atoms with van der Waals surface area (Å²) in [6.07, 6.45) is 0.435. The van der Waals surface area contributed by atoms with E-state index in [1.807, 2.05) is 29.2 Å². The molecule has 0 aliphatic carbocycles. The first kappa shape index (κ1) is 12.4. The van der Waals surface area contributed by atoms with Crippen LogP contribution in [0.1, 0.15) is 12.5 Å². The second kappa shape index (κ2) is 5.52. The molecule has 2 rings (SSSR count). The summed E-state index contributed by atoms with van der Waals surface area (Å²) in [6, 6.07) is 7.77. The molecule has 1 N–H and O–H groups in total. The van der Waals surface area contributed by atoms with Gasteiger partial charge in [0.2, 0.25) is 5.91 Å². The third kappa shape index (κ3) is 3.20. The van der Waals surface area contributed by atoms with E-state index in [9.17, 15) is 4.79 Å². The van der Waals surface area contributed by atoms with Crippen molar-refractivity contribution < 1.29 is 4.79 Å². The summed E-state index contributed by atoms with van der Waals surface area (Å²) in [6.45, 7) is 4.62. The van der Waals surface area contributed by atoms with E-state index in [1.54, 1.807) is 0 Å². The molecule has 4 heteroatoms. The van der Waals surface area contributed by atoms with E-state index in [1.165, 1.54) is 0 Å². The molecule has 1 saturated heterocycles. The summed E-state index contributed by atoms with van der Waals surface area (Å²) >= 11 is 5.91. The summed E-state index contributed by atoms with van der Waals surface area (Å²) in [4.78, 5) is 14.1. The van der Waals surface area contributed by atoms with Gasteiger partial charge in [0, 0.05) is 30.7 Å². The van der Waals surface area contributed by atoms with Crippen LogP contribution in [0.5, 0.6) is 0 Å². The number of nitrogens with one attached hydrogen (secondary N) is 1. The Kier molecular flexibility index (Phi) is 4.02. The Morgan fingerprint density at radius 1 is 1.59 bits per heavy atom. The number of nitrogens with zero attached hydrogens (tertiary/aromatic N) is 1. The van der Waals surface area contributed by atoms with Crippen LogP contribution in [0.2, 0.25) is 5.02 Å². The first-order valence-corrected chi connectivity index (χ1v) is 6.29. The van der Waals surface area contributed by atoms with Crippen molar-refractivity contribution in [3.05, 3.63) is 34.9 Å². The van der Waals surface area contributed by atoms with Crippen LogP contribution in [-0.4, -0.2) is 36.5 Å². The minimum atomic E-state index is 0.182. The number of benzene rings is 1. The Balaban J connectivity index is 2.01. The summed E-state index contributed by atoms with van der Waals surface area (Å²) in [5.74, 6) is 0.182. The maximum absolute atomic E-state index is 12.1. The van der Waals surface area contributed by atoms with Gasteiger partial charge in [-0.3, -0.25) is 4.79 Å². The number of hydrogen-bond donors (Lipinski definition) is 1. The fourth-order valence-electron chi connectivity index (χ4n) is 2.13. The molecule has 1 atom stereocenters. The molecule has 0 aromatic heterocycles. The minimum Gasteiger partial charge on any atom is -0.337 e. The zero-order chi connectivity index (χ0) is 12.3. The quantitative estimate of drug-likeness (QED) is 0.869. The van der Waals surface area contributed by atoms with Crippen LogP contribution in [0, 0.1) is 0 Å². The number of halogens is 1. The standard InChI is InChI=1S/C13H17ClN2O/c1-10-9-15-5-6-16(10)13(17)8-11-3-2-4-12(14)7-11/h2-4,7,10,15H,5-6,8-9H2,1H3/t10-/m0/s1. The van der Waals surface area contributed by atoms with Crippen LogP contribution >= 0.6 is 11.6 Å². The molecule has 0 radical (unpaired) electrons. The van der Waals surface area contributed by atoms with Gasteiger partial charge >= 0.3 is 0 Å². The molecule has 1 aliphatic heterocycles. The van der Waals surface area contributed by atoms with Crippen molar-refractivity contribution in [2.75, 3.05) is 19.6 Å². The maximum Gasteiger partial charge on any atom is 0.227 e. The average molecular weight is 253 g/mol. The van der Waals surface area contributed by atoms with E-state index >= 15 is 0 Å². The zero-order valence-corrected chi connectivity index (χ0v) is 10.7. The molecule has 1 heterocycles. The van der Waals surface area contributed by atoms with Crippen molar-refractivity contribution in [2.24, 2.45) is 0 Å². The third-order valence-corrected chi connectivity index (χ3v) is 3.30. The van der Waals surface area contributed by atoms with Crippen molar-refractivity contribution >= 4 is 17.5 Å². The topological polar surface area (TPSA) is 32.3 Å². The van der Waals surface area contributed by atoms with Gasteiger partial charge in [-0.2, -0.15) is 0 Å². The second-order valence-corrected chi connectivity index (χ2v) is 4.88. The van der Waals surface area contributed by atoms with Crippen molar-refractivity contribution in [1.82, 2.24) is 10.2 Å². The first-order chi connectivity index (χ1) is 8.16. The monoisotopic (exact) mass is 252 g/mol. The lowest BCUT2D eigenvalue weighted by Crippen LogP contribution is -2.52. The number of amides is 1. The highest BCUT2D eigenvalue weighted by Gasteiger charge is 2.22. The smallest absolute Gasteiger partial charge is 0.227 e. The van der Waals surface area contributed by atoms with Crippen LogP contribution in [0.25, 0.3) is 0 Å². The second-order valence-electron chi connectivity index (χ2n) is 4.45. The van der Waals surface area contributed by atoms with Gasteiger partial charge in [-0.05, 0) is 24.6 Å². The summed E-state index contributed by atoms with van der Waals surface area (Å²) in [5, 5.41) is 3.96. The number of carbonyl (C=O) groups excluding carboxylic acids is 1. The lowest BCUT2D eigenvalue weighted by molar-refractivity contribution is -0.133. The van der Waals surface area contributed by atoms with Crippen LogP contribution in [-0.2, 0) is 11.2 Å². The lowest BCUT2D eigenvalue weighted by atomic mass is 10.1. The van der Waals surface area contributed by atoms with E-state index < -0.39 is 0 Å². The molecule has 17 heavy (non-hydrogen) atoms. The SMILES string of the molecule is C[C@H]1CNCCN1C(=O)Cc1cccc(Cl)c1. The van der Waals surface area contributed by atoms with Gasteiger partial charge in [0.05, 0.1) is 6.42 Å². The fraction of sp³-hybridized carbons (Fsp3) is 0.462. The average Bonchev–Trinajstić information content (AvgIpc) is 2.29. The summed E-state index contributed by atoms with van der Waals surface area (Å²) in [5.41, 5.74) is 0.980.